The first-order valence-corrected chi connectivity index (χ1v) is 10.6. The van der Waals surface area contributed by atoms with Gasteiger partial charge in [-0.25, -0.2) is 9.59 Å². The number of benzene rings is 1. The summed E-state index contributed by atoms with van der Waals surface area (Å²) in [6, 6.07) is 2.99. The molecule has 1 fully saturated rings. The molecule has 1 aliphatic carbocycles. The Morgan fingerprint density at radius 1 is 0.938 bits per heavy atom. The van der Waals surface area contributed by atoms with E-state index >= 15 is 0 Å². The highest BCUT2D eigenvalue weighted by molar-refractivity contribution is 6.10. The minimum atomic E-state index is -1.06. The fourth-order valence-electron chi connectivity index (χ4n) is 3.94. The number of nitrogens with zero attached hydrogens (tertiary/aromatic N) is 1. The number of imide groups is 1. The van der Waals surface area contributed by atoms with Crippen molar-refractivity contribution in [2.45, 2.75) is 39.7 Å². The molecule has 9 heteroatoms. The summed E-state index contributed by atoms with van der Waals surface area (Å²) < 4.78 is 9.97. The maximum atomic E-state index is 12.9. The smallest absolute Gasteiger partial charge is 0.338 e. The number of hydrogen-bond donors (Lipinski definition) is 1. The number of anilines is 1. The Balaban J connectivity index is 1.83. The van der Waals surface area contributed by atoms with Gasteiger partial charge >= 0.3 is 11.9 Å². The molecule has 0 aromatic heterocycles. The van der Waals surface area contributed by atoms with Crippen molar-refractivity contribution in [3.63, 3.8) is 0 Å². The average Bonchev–Trinajstić information content (AvgIpc) is 3.03. The molecule has 3 unspecified atom stereocenters. The van der Waals surface area contributed by atoms with E-state index in [2.05, 4.69) is 5.32 Å². The number of likely N-dealkylation sites (tertiary alicyclic amines) is 1. The van der Waals surface area contributed by atoms with Gasteiger partial charge in [-0.05, 0) is 51.8 Å². The van der Waals surface area contributed by atoms with Gasteiger partial charge in [0, 0.05) is 5.69 Å². The van der Waals surface area contributed by atoms with Gasteiger partial charge < -0.3 is 14.8 Å². The number of ether oxygens (including phenoxy) is 2. The van der Waals surface area contributed by atoms with Crippen LogP contribution >= 0.6 is 0 Å². The van der Waals surface area contributed by atoms with Crippen LogP contribution in [0, 0.1) is 11.8 Å². The molecule has 1 heterocycles. The highest BCUT2D eigenvalue weighted by atomic mass is 16.5. The number of carbonyl (C=O) groups excluding carboxylic acids is 5. The molecule has 3 amide bonds. The molecule has 9 nitrogen and oxygen atoms in total. The minimum absolute atomic E-state index is 0.0609. The van der Waals surface area contributed by atoms with Crippen LogP contribution in [0.5, 0.6) is 0 Å². The Bertz CT molecular complexity index is 922. The minimum Gasteiger partial charge on any atom is -0.462 e. The van der Waals surface area contributed by atoms with E-state index in [1.807, 2.05) is 12.2 Å². The Labute approximate surface area is 185 Å². The fourth-order valence-corrected chi connectivity index (χ4v) is 3.94. The van der Waals surface area contributed by atoms with Crippen LogP contribution in [-0.2, 0) is 23.9 Å². The van der Waals surface area contributed by atoms with Gasteiger partial charge in [0.15, 0.2) is 0 Å². The van der Waals surface area contributed by atoms with Crippen LogP contribution < -0.4 is 5.32 Å². The molecule has 1 saturated heterocycles. The predicted octanol–water partition coefficient (Wildman–Crippen LogP) is 2.32. The topological polar surface area (TPSA) is 119 Å². The van der Waals surface area contributed by atoms with Crippen LogP contribution in [0.3, 0.4) is 0 Å². The molecule has 0 spiro atoms. The first-order chi connectivity index (χ1) is 15.3. The molecule has 0 radical (unpaired) electrons. The Kier molecular flexibility index (Phi) is 7.07. The monoisotopic (exact) mass is 442 g/mol. The zero-order chi connectivity index (χ0) is 23.4. The van der Waals surface area contributed by atoms with E-state index in [1.165, 1.54) is 25.1 Å². The second kappa shape index (κ2) is 9.76. The molecular weight excluding hydrogens is 416 g/mol. The van der Waals surface area contributed by atoms with Crippen molar-refractivity contribution in [1.29, 1.82) is 0 Å². The van der Waals surface area contributed by atoms with E-state index in [0.29, 0.717) is 12.8 Å². The van der Waals surface area contributed by atoms with Gasteiger partial charge in [0.2, 0.25) is 17.7 Å². The Morgan fingerprint density at radius 3 is 1.84 bits per heavy atom. The van der Waals surface area contributed by atoms with Crippen molar-refractivity contribution in [3.8, 4) is 0 Å². The van der Waals surface area contributed by atoms with E-state index in [0.717, 1.165) is 4.90 Å². The van der Waals surface area contributed by atoms with Crippen molar-refractivity contribution >= 4 is 35.3 Å². The molecule has 170 valence electrons. The molecule has 1 aromatic rings. The molecule has 2 aliphatic rings. The molecule has 3 atom stereocenters. The van der Waals surface area contributed by atoms with E-state index < -0.39 is 35.7 Å². The lowest BCUT2D eigenvalue weighted by Gasteiger charge is -2.22. The number of esters is 2. The molecular formula is C23H26N2O7. The third-order valence-corrected chi connectivity index (χ3v) is 5.53. The lowest BCUT2D eigenvalue weighted by atomic mass is 9.85. The lowest BCUT2D eigenvalue weighted by molar-refractivity contribution is -0.146. The van der Waals surface area contributed by atoms with E-state index in [4.69, 9.17) is 9.47 Å². The summed E-state index contributed by atoms with van der Waals surface area (Å²) >= 11 is 0. The summed E-state index contributed by atoms with van der Waals surface area (Å²) in [5.41, 5.74) is 0.269. The van der Waals surface area contributed by atoms with Crippen LogP contribution in [0.1, 0.15) is 54.3 Å². The number of fused-ring (bicyclic) bond motifs is 1. The third-order valence-electron chi connectivity index (χ3n) is 5.53. The van der Waals surface area contributed by atoms with Gasteiger partial charge in [0.1, 0.15) is 6.04 Å². The normalized spacial score (nSPS) is 20.5. The highest BCUT2D eigenvalue weighted by Crippen LogP contribution is 2.36. The summed E-state index contributed by atoms with van der Waals surface area (Å²) in [6.45, 7) is 5.04. The molecule has 3 rings (SSSR count). The molecule has 1 N–H and O–H groups in total. The quantitative estimate of drug-likeness (QED) is 0.391. The molecule has 1 aliphatic heterocycles. The maximum Gasteiger partial charge on any atom is 0.338 e. The third kappa shape index (κ3) is 4.56. The fraction of sp³-hybridized carbons (Fsp3) is 0.435. The van der Waals surface area contributed by atoms with Crippen LogP contribution in [0.25, 0.3) is 0 Å². The molecule has 0 saturated carbocycles. The number of hydrogen-bond acceptors (Lipinski definition) is 7. The standard InChI is InChI=1S/C23H26N2O7/c1-4-31-22(29)14-10-15(23(30)32-5-2)12-16(11-14)24-19(26)13(3)25-20(27)17-8-6-7-9-18(17)21(25)28/h6-7,10-13,17-18H,4-5,8-9H2,1-3H3,(H,24,26). The van der Waals surface area contributed by atoms with Crippen molar-refractivity contribution in [1.82, 2.24) is 4.90 Å². The van der Waals surface area contributed by atoms with Gasteiger partial charge in [0.05, 0.1) is 36.2 Å². The van der Waals surface area contributed by atoms with Gasteiger partial charge in [-0.15, -0.1) is 0 Å². The van der Waals surface area contributed by atoms with E-state index in [1.54, 1.807) is 13.8 Å². The summed E-state index contributed by atoms with van der Waals surface area (Å²) in [7, 11) is 0. The number of rotatable bonds is 7. The number of nitrogens with one attached hydrogen (secondary N) is 1. The molecule has 1 aromatic carbocycles. The Morgan fingerprint density at radius 2 is 1.41 bits per heavy atom. The highest BCUT2D eigenvalue weighted by Gasteiger charge is 2.50. The van der Waals surface area contributed by atoms with Crippen molar-refractivity contribution in [2.75, 3.05) is 18.5 Å². The SMILES string of the molecule is CCOC(=O)c1cc(NC(=O)C(C)N2C(=O)C3CC=CCC3C2=O)cc(C(=O)OCC)c1. The second-order valence-corrected chi connectivity index (χ2v) is 7.61. The van der Waals surface area contributed by atoms with Crippen molar-refractivity contribution < 1.29 is 33.4 Å². The predicted molar refractivity (Wildman–Crippen MR) is 114 cm³/mol. The number of carbonyl (C=O) groups is 5. The van der Waals surface area contributed by atoms with E-state index in [9.17, 15) is 24.0 Å². The lowest BCUT2D eigenvalue weighted by Crippen LogP contribution is -2.46. The summed E-state index contributed by atoms with van der Waals surface area (Å²) in [4.78, 5) is 63.8. The van der Waals surface area contributed by atoms with Gasteiger partial charge in [-0.3, -0.25) is 19.3 Å². The maximum absolute atomic E-state index is 12.9. The van der Waals surface area contributed by atoms with Gasteiger partial charge in [-0.2, -0.15) is 0 Å². The first kappa shape index (κ1) is 23.2. The largest absolute Gasteiger partial charge is 0.462 e. The van der Waals surface area contributed by atoms with E-state index in [-0.39, 0.29) is 41.8 Å². The van der Waals surface area contributed by atoms with Crippen LogP contribution in [0.15, 0.2) is 30.4 Å². The van der Waals surface area contributed by atoms with Gasteiger partial charge in [-0.1, -0.05) is 12.2 Å². The van der Waals surface area contributed by atoms with Crippen LogP contribution in [0.2, 0.25) is 0 Å². The second-order valence-electron chi connectivity index (χ2n) is 7.61. The zero-order valence-corrected chi connectivity index (χ0v) is 18.3. The number of amides is 3. The first-order valence-electron chi connectivity index (χ1n) is 10.6. The Hall–Kier alpha value is -3.49. The van der Waals surface area contributed by atoms with Crippen LogP contribution in [0.4, 0.5) is 5.69 Å². The average molecular weight is 442 g/mol. The molecule has 32 heavy (non-hydrogen) atoms. The summed E-state index contributed by atoms with van der Waals surface area (Å²) in [5.74, 6) is -3.55. The molecule has 0 bridgehead atoms. The zero-order valence-electron chi connectivity index (χ0n) is 18.3. The van der Waals surface area contributed by atoms with Crippen molar-refractivity contribution in [3.05, 3.63) is 41.5 Å². The summed E-state index contributed by atoms with van der Waals surface area (Å²) in [5, 5.41) is 2.60. The van der Waals surface area contributed by atoms with Crippen molar-refractivity contribution in [2.24, 2.45) is 11.8 Å². The summed E-state index contributed by atoms with van der Waals surface area (Å²) in [6.07, 6.45) is 4.70. The van der Waals surface area contributed by atoms with Crippen LogP contribution in [-0.4, -0.2) is 53.8 Å². The number of allylic oxidation sites excluding steroid dienone is 2. The van der Waals surface area contributed by atoms with Gasteiger partial charge in [0.25, 0.3) is 0 Å².